The van der Waals surface area contributed by atoms with Crippen LogP contribution in [-0.2, 0) is 24.7 Å². The van der Waals surface area contributed by atoms with Crippen LogP contribution in [0.1, 0.15) is 6.42 Å². The van der Waals surface area contributed by atoms with Crippen molar-refractivity contribution in [2.75, 3.05) is 0 Å². The predicted octanol–water partition coefficient (Wildman–Crippen LogP) is 2.62. The largest absolute Gasteiger partial charge is 0.147 e. The van der Waals surface area contributed by atoms with Crippen LogP contribution in [0.15, 0.2) is 20.6 Å². The molecule has 0 atom stereocenters. The van der Waals surface area contributed by atoms with E-state index in [4.69, 9.17) is 0 Å². The molecular weight excluding hydrogens is 274 g/mol. The van der Waals surface area contributed by atoms with E-state index in [2.05, 4.69) is 25.2 Å². The minimum atomic E-state index is -0.466. The summed E-state index contributed by atoms with van der Waals surface area (Å²) in [4.78, 5) is 0. The van der Waals surface area contributed by atoms with E-state index in [9.17, 15) is 0 Å². The number of hydrogen-bond acceptors (Lipinski definition) is 0. The summed E-state index contributed by atoms with van der Waals surface area (Å²) in [6.07, 6.45) is 5.88. The zero-order chi connectivity index (χ0) is 6.85. The normalized spacial score (nSPS) is 14.7. The molecule has 11 heavy (non-hydrogen) atoms. The maximum absolute atomic E-state index is 2.40. The van der Waals surface area contributed by atoms with Crippen molar-refractivity contribution in [2.24, 2.45) is 0 Å². The number of rotatable bonds is 1. The number of hydrogen-bond donors (Lipinski definition) is 0. The maximum Gasteiger partial charge on any atom is -0.147 e. The first-order valence-electron chi connectivity index (χ1n) is 3.33. The second-order valence-corrected chi connectivity index (χ2v) is 7.11. The van der Waals surface area contributed by atoms with Gasteiger partial charge < -0.3 is 0 Å². The molecule has 1 rings (SSSR count). The van der Waals surface area contributed by atoms with Gasteiger partial charge in [-0.05, 0) is 0 Å². The Labute approximate surface area is 97.8 Å². The van der Waals surface area contributed by atoms with Gasteiger partial charge in [0.1, 0.15) is 0 Å². The van der Waals surface area contributed by atoms with Crippen molar-refractivity contribution in [2.45, 2.75) is 19.5 Å². The molecule has 0 nitrogen and oxygen atoms in total. The molecule has 0 aromatic rings. The van der Waals surface area contributed by atoms with E-state index in [1.165, 1.54) is 6.42 Å². The van der Waals surface area contributed by atoms with Crippen LogP contribution in [0, 0.1) is 0 Å². The van der Waals surface area contributed by atoms with E-state index in [-0.39, 0.29) is 24.8 Å². The van der Waals surface area contributed by atoms with Gasteiger partial charge in [0.05, 0.1) is 0 Å². The molecule has 0 saturated carbocycles. The van der Waals surface area contributed by atoms with Gasteiger partial charge in [-0.15, -0.1) is 24.8 Å². The summed E-state index contributed by atoms with van der Waals surface area (Å²) >= 11 is 1.63. The van der Waals surface area contributed by atoms with Crippen LogP contribution < -0.4 is 0 Å². The average Bonchev–Trinajstić information content (AvgIpc) is 2.13. The van der Waals surface area contributed by atoms with Crippen molar-refractivity contribution < 1.29 is 24.7 Å². The van der Waals surface area contributed by atoms with Gasteiger partial charge in [0.15, 0.2) is 0 Å². The van der Waals surface area contributed by atoms with Gasteiger partial charge in [0.2, 0.25) is 0 Å². The van der Waals surface area contributed by atoms with Crippen LogP contribution in [0.5, 0.6) is 0 Å². The summed E-state index contributed by atoms with van der Waals surface area (Å²) in [5, 5.41) is 1.72. The summed E-state index contributed by atoms with van der Waals surface area (Å²) in [6.45, 7) is 4.80. The van der Waals surface area contributed by atoms with E-state index >= 15 is 0 Å². The minimum Gasteiger partial charge on any atom is -0.147 e. The molecule has 1 aliphatic carbocycles. The molecule has 0 aromatic heterocycles. The summed E-state index contributed by atoms with van der Waals surface area (Å²) < 4.78 is 1.70. The van der Waals surface area contributed by atoms with E-state index in [1.807, 2.05) is 0 Å². The fraction of sp³-hybridized carbons (Fsp3) is 0.429. The van der Waals surface area contributed by atoms with Crippen LogP contribution in [0.4, 0.5) is 0 Å². The van der Waals surface area contributed by atoms with Crippen LogP contribution in [0.25, 0.3) is 0 Å². The van der Waals surface area contributed by atoms with E-state index in [0.717, 1.165) is 0 Å². The van der Waals surface area contributed by atoms with Crippen molar-refractivity contribution in [1.82, 2.24) is 0 Å². The van der Waals surface area contributed by atoms with Gasteiger partial charge in [-0.25, -0.2) is 0 Å². The van der Waals surface area contributed by atoms with E-state index < -0.39 is 8.80 Å². The first kappa shape index (κ1) is 14.7. The summed E-state index contributed by atoms with van der Waals surface area (Å²) in [5.74, 6) is 0. The smallest absolute Gasteiger partial charge is 0.147 e. The van der Waals surface area contributed by atoms with Crippen molar-refractivity contribution in [1.29, 1.82) is 0 Å². The van der Waals surface area contributed by atoms with Crippen molar-refractivity contribution in [3.05, 3.63) is 20.6 Å². The fourth-order valence-electron chi connectivity index (χ4n) is 1.06. The minimum absolute atomic E-state index is 0. The molecule has 63 valence electrons. The number of halogens is 2. The second-order valence-electron chi connectivity index (χ2n) is 2.70. The Bertz CT molecular complexity index is 175. The van der Waals surface area contributed by atoms with Crippen LogP contribution >= 0.6 is 24.8 Å². The van der Waals surface area contributed by atoms with E-state index in [1.54, 1.807) is 33.2 Å². The van der Waals surface area contributed by atoms with Crippen LogP contribution in [0.3, 0.4) is 0 Å². The molecule has 0 heterocycles. The summed E-state index contributed by atoms with van der Waals surface area (Å²) in [6, 6.07) is 0. The quantitative estimate of drug-likeness (QED) is 0.650. The van der Waals surface area contributed by atoms with Crippen molar-refractivity contribution in [3.63, 3.8) is 0 Å². The Morgan fingerprint density at radius 2 is 1.91 bits per heavy atom. The molecule has 1 aliphatic rings. The van der Waals surface area contributed by atoms with Gasteiger partial charge in [0, 0.05) is 0 Å². The Balaban J connectivity index is 0. The molecule has 0 N–H and O–H groups in total. The van der Waals surface area contributed by atoms with Crippen LogP contribution in [-0.4, -0.2) is 8.80 Å². The zero-order valence-electron chi connectivity index (χ0n) is 6.76. The topological polar surface area (TPSA) is 0 Å². The third-order valence-electron chi connectivity index (χ3n) is 1.59. The Hall–Kier alpha value is 1.16. The molecule has 0 amide bonds. The Morgan fingerprint density at radius 1 is 1.36 bits per heavy atom. The number of allylic oxidation sites excluding steroid dienone is 4. The van der Waals surface area contributed by atoms with Crippen LogP contribution in [0.2, 0.25) is 13.1 Å². The summed E-state index contributed by atoms with van der Waals surface area (Å²) in [7, 11) is -0.466. The third kappa shape index (κ3) is 4.07. The van der Waals surface area contributed by atoms with Gasteiger partial charge >= 0.3 is 73.7 Å². The van der Waals surface area contributed by atoms with Gasteiger partial charge in [-0.2, -0.15) is 0 Å². The second kappa shape index (κ2) is 6.65. The molecule has 0 fully saturated rings. The third-order valence-corrected chi connectivity index (χ3v) is 5.30. The first-order valence-corrected chi connectivity index (χ1v) is 7.44. The maximum atomic E-state index is 2.40. The average molecular weight is 287 g/mol. The molecule has 0 aliphatic heterocycles. The zero-order valence-corrected chi connectivity index (χ0v) is 12.0. The van der Waals surface area contributed by atoms with Gasteiger partial charge in [-0.1, -0.05) is 0 Å². The van der Waals surface area contributed by atoms with Gasteiger partial charge in [-0.3, -0.25) is 0 Å². The van der Waals surface area contributed by atoms with Gasteiger partial charge in [0.25, 0.3) is 0 Å². The molecule has 0 radical (unpaired) electrons. The molecule has 0 unspecified atom stereocenters. The molecule has 0 bridgehead atoms. The predicted molar refractivity (Wildman–Crippen MR) is 54.2 cm³/mol. The SMILES string of the molecule is C[SiH](C)C1=[C]([Zr])CC=C1.Cl.Cl. The monoisotopic (exact) mass is 285 g/mol. The van der Waals surface area contributed by atoms with Crippen molar-refractivity contribution in [3.8, 4) is 0 Å². The fourth-order valence-corrected chi connectivity index (χ4v) is 5.02. The standard InChI is InChI=1S/C7H11Si.2ClH.Zr/c1-8(2)7-5-3-4-6-7;;;/h3,5,8H,4H2,1-2H3;2*1H;. The Kier molecular flexibility index (Phi) is 8.87. The molecule has 0 spiro atoms. The molecular formula is C7H13Cl2SiZr. The summed E-state index contributed by atoms with van der Waals surface area (Å²) in [5.41, 5.74) is 0. The Morgan fingerprint density at radius 3 is 2.09 bits per heavy atom. The molecule has 0 aromatic carbocycles. The molecule has 0 saturated heterocycles. The van der Waals surface area contributed by atoms with E-state index in [0.29, 0.717) is 0 Å². The van der Waals surface area contributed by atoms with Crippen molar-refractivity contribution >= 4 is 33.6 Å². The first-order chi connectivity index (χ1) is 4.22. The molecule has 4 heteroatoms.